The van der Waals surface area contributed by atoms with Crippen LogP contribution >= 0.6 is 11.8 Å². The predicted octanol–water partition coefficient (Wildman–Crippen LogP) is 1.70. The molecule has 8 nitrogen and oxygen atoms in total. The summed E-state index contributed by atoms with van der Waals surface area (Å²) in [7, 11) is 1.63. The number of ether oxygens (including phenoxy) is 1. The quantitative estimate of drug-likeness (QED) is 0.489. The normalized spacial score (nSPS) is 20.3. The van der Waals surface area contributed by atoms with E-state index in [9.17, 15) is 4.79 Å². The number of nitrogens with two attached hydrogens (primary N) is 2. The number of ketones is 1. The number of allylic oxidation sites excluding steroid dienone is 2. The molecule has 1 aliphatic heterocycles. The van der Waals surface area contributed by atoms with Gasteiger partial charge in [0.2, 0.25) is 0 Å². The molecular formula is C22H22N5O3S+. The smallest absolute Gasteiger partial charge is 0.276 e. The fourth-order valence-corrected chi connectivity index (χ4v) is 4.91. The van der Waals surface area contributed by atoms with Gasteiger partial charge in [-0.1, -0.05) is 0 Å². The van der Waals surface area contributed by atoms with Crippen LogP contribution in [0.1, 0.15) is 30.9 Å². The third-order valence-corrected chi connectivity index (χ3v) is 6.39. The minimum atomic E-state index is -0.414. The number of hydrogen-bond acceptors (Lipinski definition) is 7. The van der Waals surface area contributed by atoms with Crippen LogP contribution in [0.2, 0.25) is 0 Å². The van der Waals surface area contributed by atoms with Gasteiger partial charge < -0.3 is 19.9 Å². The number of aromatic nitrogens is 2. The second-order valence-electron chi connectivity index (χ2n) is 7.45. The van der Waals surface area contributed by atoms with E-state index >= 15 is 0 Å². The van der Waals surface area contributed by atoms with E-state index in [-0.39, 0.29) is 5.78 Å². The number of amidine groups is 1. The van der Waals surface area contributed by atoms with Crippen LogP contribution in [0.25, 0.3) is 11.0 Å². The molecule has 0 bridgehead atoms. The standard InChI is InChI=1S/C22H21N5O3S/c1-29-11-5-6-13-15(9-11)27-22(26-13)31-18-8-7-17(30-18)19-12(10-23)21(24)25-14-3-2-4-16(28)20(14)19/h5-10,19H,2-4,23H2,1H3,(H2,24,25)(H,26,27)/p+1/b12-10-. The number of nitrogens with zero attached hydrogens (tertiary/aromatic N) is 1. The average Bonchev–Trinajstić information content (AvgIpc) is 3.38. The molecule has 0 saturated carbocycles. The molecule has 3 aromatic rings. The molecule has 31 heavy (non-hydrogen) atoms. The summed E-state index contributed by atoms with van der Waals surface area (Å²) in [4.78, 5) is 23.8. The van der Waals surface area contributed by atoms with E-state index in [2.05, 4.69) is 15.0 Å². The number of furan rings is 1. The van der Waals surface area contributed by atoms with Gasteiger partial charge in [-0.2, -0.15) is 0 Å². The summed E-state index contributed by atoms with van der Waals surface area (Å²) in [6.07, 6.45) is 3.55. The minimum absolute atomic E-state index is 0.0995. The van der Waals surface area contributed by atoms with Crippen LogP contribution in [-0.2, 0) is 4.79 Å². The van der Waals surface area contributed by atoms with Crippen LogP contribution in [0, 0.1) is 0 Å². The first-order chi connectivity index (χ1) is 15.1. The molecule has 0 amide bonds. The van der Waals surface area contributed by atoms with Crippen molar-refractivity contribution in [2.24, 2.45) is 11.5 Å². The number of nitrogens with one attached hydrogen (secondary N) is 2. The highest BCUT2D eigenvalue weighted by atomic mass is 32.2. The van der Waals surface area contributed by atoms with Gasteiger partial charge in [0, 0.05) is 25.1 Å². The van der Waals surface area contributed by atoms with Gasteiger partial charge in [0.25, 0.3) is 5.84 Å². The van der Waals surface area contributed by atoms with E-state index in [4.69, 9.17) is 20.6 Å². The number of benzene rings is 1. The fraction of sp³-hybridized carbons (Fsp3) is 0.227. The summed E-state index contributed by atoms with van der Waals surface area (Å²) < 4.78 is 11.4. The fourth-order valence-electron chi connectivity index (χ4n) is 4.14. The van der Waals surface area contributed by atoms with Crippen molar-refractivity contribution in [3.8, 4) is 5.75 Å². The zero-order valence-electron chi connectivity index (χ0n) is 16.9. The predicted molar refractivity (Wildman–Crippen MR) is 117 cm³/mol. The van der Waals surface area contributed by atoms with Gasteiger partial charge in [0.05, 0.1) is 35.2 Å². The maximum absolute atomic E-state index is 12.7. The lowest BCUT2D eigenvalue weighted by Gasteiger charge is -2.26. The summed E-state index contributed by atoms with van der Waals surface area (Å²) >= 11 is 1.37. The maximum atomic E-state index is 12.7. The number of fused-ring (bicyclic) bond motifs is 1. The molecule has 158 valence electrons. The Morgan fingerprint density at radius 3 is 3.00 bits per heavy atom. The lowest BCUT2D eigenvalue weighted by Crippen LogP contribution is -2.77. The minimum Gasteiger partial charge on any atom is -0.497 e. The molecule has 2 aromatic heterocycles. The van der Waals surface area contributed by atoms with Crippen LogP contribution < -0.4 is 21.2 Å². The number of carbonyl (C=O) groups is 1. The Morgan fingerprint density at radius 2 is 2.19 bits per heavy atom. The molecule has 2 aliphatic rings. The largest absolute Gasteiger partial charge is 0.497 e. The Balaban J connectivity index is 1.47. The molecule has 5 rings (SSSR count). The topological polar surface area (TPSA) is 134 Å². The Morgan fingerprint density at radius 1 is 1.32 bits per heavy atom. The highest BCUT2D eigenvalue weighted by molar-refractivity contribution is 7.99. The number of Topliss-reactive ketones (excluding diaryl/α,β-unsaturated/α-hetero) is 1. The first-order valence-electron chi connectivity index (χ1n) is 9.96. The first-order valence-corrected chi connectivity index (χ1v) is 10.8. The molecule has 1 aromatic carbocycles. The van der Waals surface area contributed by atoms with Gasteiger partial charge in [-0.3, -0.25) is 10.5 Å². The number of imidazole rings is 1. The lowest BCUT2D eigenvalue weighted by atomic mass is 9.78. The summed E-state index contributed by atoms with van der Waals surface area (Å²) in [5.74, 6) is 1.53. The van der Waals surface area contributed by atoms with E-state index < -0.39 is 5.92 Å². The van der Waals surface area contributed by atoms with Crippen molar-refractivity contribution in [3.63, 3.8) is 0 Å². The van der Waals surface area contributed by atoms with Crippen molar-refractivity contribution >= 4 is 34.4 Å². The van der Waals surface area contributed by atoms with Crippen LogP contribution in [-0.4, -0.2) is 28.7 Å². The van der Waals surface area contributed by atoms with Crippen molar-refractivity contribution < 1.29 is 18.9 Å². The average molecular weight is 437 g/mol. The Bertz CT molecular complexity index is 1280. The van der Waals surface area contributed by atoms with Gasteiger partial charge in [0.15, 0.2) is 16.0 Å². The Labute approximate surface area is 182 Å². The van der Waals surface area contributed by atoms with Crippen LogP contribution in [0.15, 0.2) is 68.0 Å². The van der Waals surface area contributed by atoms with E-state index in [0.717, 1.165) is 35.3 Å². The molecular weight excluding hydrogens is 414 g/mol. The van der Waals surface area contributed by atoms with Crippen molar-refractivity contribution in [1.82, 2.24) is 9.97 Å². The van der Waals surface area contributed by atoms with Crippen molar-refractivity contribution in [1.29, 1.82) is 0 Å². The zero-order valence-corrected chi connectivity index (χ0v) is 17.7. The monoisotopic (exact) mass is 436 g/mol. The van der Waals surface area contributed by atoms with Gasteiger partial charge in [-0.15, -0.1) is 0 Å². The molecule has 3 heterocycles. The van der Waals surface area contributed by atoms with Crippen molar-refractivity contribution in [2.45, 2.75) is 35.4 Å². The Hall–Kier alpha value is -3.46. The summed E-state index contributed by atoms with van der Waals surface area (Å²) in [6.45, 7) is 0. The van der Waals surface area contributed by atoms with Crippen molar-refractivity contribution in [2.75, 3.05) is 7.11 Å². The number of rotatable bonds is 4. The van der Waals surface area contributed by atoms with Crippen LogP contribution in [0.3, 0.4) is 0 Å². The van der Waals surface area contributed by atoms with Crippen molar-refractivity contribution in [3.05, 3.63) is 59.1 Å². The third kappa shape index (κ3) is 3.40. The van der Waals surface area contributed by atoms with Crippen LogP contribution in [0.5, 0.6) is 5.75 Å². The molecule has 1 unspecified atom stereocenters. The number of methoxy groups -OCH3 is 1. The molecule has 6 N–H and O–H groups in total. The summed E-state index contributed by atoms with van der Waals surface area (Å²) in [5, 5.41) is 1.35. The van der Waals surface area contributed by atoms with Gasteiger partial charge >= 0.3 is 0 Å². The molecule has 0 fully saturated rings. The molecule has 1 aliphatic carbocycles. The second kappa shape index (κ2) is 7.66. The number of hydrogen-bond donors (Lipinski definition) is 4. The van der Waals surface area contributed by atoms with E-state index in [1.807, 2.05) is 30.3 Å². The number of aromatic amines is 1. The van der Waals surface area contributed by atoms with Crippen LogP contribution in [0.4, 0.5) is 0 Å². The van der Waals surface area contributed by atoms with Gasteiger partial charge in [-0.25, -0.2) is 9.98 Å². The van der Waals surface area contributed by atoms with Gasteiger partial charge in [0.1, 0.15) is 17.2 Å². The van der Waals surface area contributed by atoms with E-state index in [1.165, 1.54) is 18.0 Å². The Kier molecular flexibility index (Phi) is 4.82. The highest BCUT2D eigenvalue weighted by Crippen LogP contribution is 2.40. The van der Waals surface area contributed by atoms with E-state index in [0.29, 0.717) is 39.4 Å². The zero-order chi connectivity index (χ0) is 21.5. The first kappa shape index (κ1) is 19.5. The summed E-state index contributed by atoms with van der Waals surface area (Å²) in [6, 6.07) is 9.40. The maximum Gasteiger partial charge on any atom is 0.276 e. The molecule has 1 atom stereocenters. The third-order valence-electron chi connectivity index (χ3n) is 5.58. The highest BCUT2D eigenvalue weighted by Gasteiger charge is 2.40. The lowest BCUT2D eigenvalue weighted by molar-refractivity contribution is -0.405. The molecule has 0 spiro atoms. The molecule has 9 heteroatoms. The van der Waals surface area contributed by atoms with E-state index in [1.54, 1.807) is 7.11 Å². The summed E-state index contributed by atoms with van der Waals surface area (Å²) in [5.41, 5.74) is 16.0. The molecule has 0 radical (unpaired) electrons. The number of carbonyl (C=O) groups excluding carboxylic acids is 1. The van der Waals surface area contributed by atoms with Gasteiger partial charge in [-0.05, 0) is 42.4 Å². The molecule has 0 saturated heterocycles. The second-order valence-corrected chi connectivity index (χ2v) is 8.44. The SMILES string of the molecule is COc1ccc2nc(Sc3ccc(C4C5=C(CCCC5=O)[NH+]=C(N)/C4=C\N)o3)[nH]c2c1. The number of H-pyrrole nitrogens is 1.